The molecule has 0 fully saturated rings. The number of nitrogens with zero attached hydrogens (tertiary/aromatic N) is 1. The number of carbonyl (C=O) groups excluding carboxylic acids is 9. The van der Waals surface area contributed by atoms with Crippen molar-refractivity contribution >= 4 is 75.8 Å². The molecule has 0 radical (unpaired) electrons. The first-order valence-corrected chi connectivity index (χ1v) is 23.0. The summed E-state index contributed by atoms with van der Waals surface area (Å²) in [5, 5.41) is 19.0. The molecule has 1 unspecified atom stereocenters. The molecule has 9 amide bonds. The minimum Gasteiger partial charge on any atom is -0.370 e. The average molecular weight is 940 g/mol. The van der Waals surface area contributed by atoms with Crippen LogP contribution in [0.15, 0.2) is 43.0 Å². The lowest BCUT2D eigenvalue weighted by molar-refractivity contribution is -0.135. The van der Waals surface area contributed by atoms with Crippen molar-refractivity contribution < 1.29 is 43.2 Å². The third-order valence-corrected chi connectivity index (χ3v) is 11.1. The van der Waals surface area contributed by atoms with Gasteiger partial charge in [-0.15, -0.1) is 0 Å². The van der Waals surface area contributed by atoms with E-state index in [0.29, 0.717) is 23.4 Å². The Morgan fingerprint density at radius 2 is 1.35 bits per heavy atom. The summed E-state index contributed by atoms with van der Waals surface area (Å²) in [7, 11) is 0. The number of hydrogen-bond donors (Lipinski definition) is 12. The fourth-order valence-corrected chi connectivity index (χ4v) is 7.22. The topological polar surface area (TPSA) is 360 Å². The molecule has 22 nitrogen and oxygen atoms in total. The van der Waals surface area contributed by atoms with E-state index in [9.17, 15) is 43.2 Å². The van der Waals surface area contributed by atoms with Gasteiger partial charge in [0.25, 0.3) is 0 Å². The minimum atomic E-state index is -1.25. The number of hydrogen-bond acceptors (Lipinski definition) is 12. The molecule has 1 aromatic carbocycles. The van der Waals surface area contributed by atoms with Crippen LogP contribution in [-0.2, 0) is 56.0 Å². The second-order valence-corrected chi connectivity index (χ2v) is 17.7. The van der Waals surface area contributed by atoms with Gasteiger partial charge < -0.3 is 64.4 Å². The summed E-state index contributed by atoms with van der Waals surface area (Å²) < 4.78 is 0. The average Bonchev–Trinajstić information content (AvgIpc) is 3.93. The molecule has 0 spiro atoms. The fraction of sp³-hybridized carbons (Fsp3) is 0.535. The Kier molecular flexibility index (Phi) is 21.6. The molecule has 2 aromatic heterocycles. The van der Waals surface area contributed by atoms with Crippen molar-refractivity contribution in [3.63, 3.8) is 0 Å². The Hall–Kier alpha value is -6.49. The molecule has 0 aliphatic heterocycles. The first-order chi connectivity index (χ1) is 31.2. The number of thioether (sulfide) groups is 1. The lowest BCUT2D eigenvalue weighted by Crippen LogP contribution is -2.59. The van der Waals surface area contributed by atoms with Gasteiger partial charge >= 0.3 is 0 Å². The summed E-state index contributed by atoms with van der Waals surface area (Å²) in [6.45, 7) is 7.79. The standard InChI is InChI=1S/C43H65N13O9S/c1-22(2)15-31(41(63)53-30(37(46)59)13-14-66-6)55-42(64)33(17-26-19-47-21-50-26)52-35(58)20-49-43(65)36(23(3)4)56-38(60)24(5)51-40(62)32(54-39(61)28(44)11-12-34(45)57)16-25-18-48-29-10-8-7-9-27(25)29/h7-10,18-19,21-24,28,30-33,36,48H,11-17,20,44H2,1-6H3,(H2,45,57)(H2,46,59)(H,47,50)(H,49,65)(H,51,62)(H,52,58)(H,53,63)(H,54,61)(H,55,64)(H,56,60)/t24-,28?,30-,31-,32-,33-,36-/m0/s1. The first kappa shape index (κ1) is 53.8. The molecule has 0 saturated carbocycles. The van der Waals surface area contributed by atoms with Gasteiger partial charge in [-0.05, 0) is 61.7 Å². The van der Waals surface area contributed by atoms with Gasteiger partial charge in [-0.25, -0.2) is 4.98 Å². The highest BCUT2D eigenvalue weighted by atomic mass is 32.2. The van der Waals surface area contributed by atoms with Gasteiger partial charge in [-0.2, -0.15) is 11.8 Å². The van der Waals surface area contributed by atoms with Gasteiger partial charge in [0.2, 0.25) is 53.2 Å². The molecule has 15 N–H and O–H groups in total. The van der Waals surface area contributed by atoms with E-state index in [0.717, 1.165) is 10.9 Å². The van der Waals surface area contributed by atoms with Crippen LogP contribution in [0.2, 0.25) is 0 Å². The Bertz CT molecular complexity index is 2150. The minimum absolute atomic E-state index is 0.00564. The first-order valence-electron chi connectivity index (χ1n) is 21.6. The van der Waals surface area contributed by atoms with Crippen LogP contribution in [0.25, 0.3) is 10.9 Å². The van der Waals surface area contributed by atoms with Crippen LogP contribution < -0.4 is 54.4 Å². The van der Waals surface area contributed by atoms with Crippen molar-refractivity contribution in [3.8, 4) is 0 Å². The molecule has 7 atom stereocenters. The van der Waals surface area contributed by atoms with Crippen LogP contribution in [0.4, 0.5) is 0 Å². The summed E-state index contributed by atoms with van der Waals surface area (Å²) in [5.74, 6) is -6.41. The third kappa shape index (κ3) is 17.5. The van der Waals surface area contributed by atoms with E-state index in [2.05, 4.69) is 52.2 Å². The lowest BCUT2D eigenvalue weighted by atomic mass is 10.0. The number of primary amides is 2. The number of fused-ring (bicyclic) bond motifs is 1. The smallest absolute Gasteiger partial charge is 0.243 e. The largest absolute Gasteiger partial charge is 0.370 e. The van der Waals surface area contributed by atoms with Crippen LogP contribution in [0.5, 0.6) is 0 Å². The van der Waals surface area contributed by atoms with E-state index in [4.69, 9.17) is 17.2 Å². The highest BCUT2D eigenvalue weighted by Gasteiger charge is 2.33. The molecule has 0 aliphatic rings. The van der Waals surface area contributed by atoms with Gasteiger partial charge in [0.05, 0.1) is 18.9 Å². The molecule has 362 valence electrons. The van der Waals surface area contributed by atoms with Crippen molar-refractivity contribution in [2.45, 2.75) is 115 Å². The number of nitrogens with one attached hydrogen (secondary N) is 9. The predicted octanol–water partition coefficient (Wildman–Crippen LogP) is -1.75. The van der Waals surface area contributed by atoms with Gasteiger partial charge in [0, 0.05) is 48.3 Å². The molecular weight excluding hydrogens is 875 g/mol. The molecule has 3 rings (SSSR count). The number of carbonyl (C=O) groups is 9. The predicted molar refractivity (Wildman–Crippen MR) is 247 cm³/mol. The highest BCUT2D eigenvalue weighted by Crippen LogP contribution is 2.19. The quantitative estimate of drug-likeness (QED) is 0.0386. The van der Waals surface area contributed by atoms with E-state index in [1.54, 1.807) is 20.0 Å². The Labute approximate surface area is 387 Å². The van der Waals surface area contributed by atoms with E-state index in [1.165, 1.54) is 31.2 Å². The van der Waals surface area contributed by atoms with E-state index in [1.807, 2.05) is 44.4 Å². The number of para-hydroxylation sites is 1. The molecule has 0 saturated heterocycles. The number of aromatic nitrogens is 3. The van der Waals surface area contributed by atoms with Crippen LogP contribution in [0.1, 0.15) is 71.6 Å². The number of H-pyrrole nitrogens is 2. The highest BCUT2D eigenvalue weighted by molar-refractivity contribution is 7.98. The van der Waals surface area contributed by atoms with Gasteiger partial charge in [0.1, 0.15) is 36.3 Å². The van der Waals surface area contributed by atoms with Crippen LogP contribution in [-0.4, -0.2) is 129 Å². The summed E-state index contributed by atoms with van der Waals surface area (Å²) in [4.78, 5) is 128. The van der Waals surface area contributed by atoms with Crippen LogP contribution in [0.3, 0.4) is 0 Å². The number of imidazole rings is 1. The number of aromatic amines is 2. The third-order valence-electron chi connectivity index (χ3n) is 10.4. The van der Waals surface area contributed by atoms with E-state index in [-0.39, 0.29) is 38.0 Å². The fourth-order valence-electron chi connectivity index (χ4n) is 6.75. The maximum Gasteiger partial charge on any atom is 0.243 e. The second kappa shape index (κ2) is 26.5. The zero-order valence-electron chi connectivity index (χ0n) is 38.2. The second-order valence-electron chi connectivity index (χ2n) is 16.8. The zero-order valence-corrected chi connectivity index (χ0v) is 39.0. The number of rotatable bonds is 28. The van der Waals surface area contributed by atoms with Gasteiger partial charge in [-0.1, -0.05) is 45.9 Å². The molecule has 0 aliphatic carbocycles. The maximum absolute atomic E-state index is 13.8. The normalized spacial score (nSPS) is 14.4. The van der Waals surface area contributed by atoms with Gasteiger partial charge in [0.15, 0.2) is 0 Å². The SMILES string of the molecule is CSCC[C@H](NC(=O)[C@H](CC(C)C)NC(=O)[C@H](Cc1cnc[nH]1)NC(=O)CNC(=O)[C@@H](NC(=O)[C@H](C)NC(=O)[C@H](Cc1c[nH]c2ccccc12)NC(=O)C(N)CCC(N)=O)C(C)C)C(N)=O. The number of benzene rings is 1. The Balaban J connectivity index is 1.68. The zero-order chi connectivity index (χ0) is 49.1. The summed E-state index contributed by atoms with van der Waals surface area (Å²) in [6.07, 6.45) is 6.62. The molecule has 2 heterocycles. The van der Waals surface area contributed by atoms with Crippen molar-refractivity contribution in [3.05, 3.63) is 54.2 Å². The van der Waals surface area contributed by atoms with Crippen molar-refractivity contribution in [1.29, 1.82) is 0 Å². The molecular formula is C43H65N13O9S. The lowest BCUT2D eigenvalue weighted by Gasteiger charge is -2.26. The van der Waals surface area contributed by atoms with Crippen LogP contribution in [0, 0.1) is 11.8 Å². The van der Waals surface area contributed by atoms with Crippen molar-refractivity contribution in [1.82, 2.24) is 52.2 Å². The summed E-state index contributed by atoms with van der Waals surface area (Å²) in [6, 6.07) is -0.720. The Morgan fingerprint density at radius 1 is 0.712 bits per heavy atom. The molecule has 3 aromatic rings. The maximum atomic E-state index is 13.8. The van der Waals surface area contributed by atoms with E-state index >= 15 is 0 Å². The molecule has 0 bridgehead atoms. The summed E-state index contributed by atoms with van der Waals surface area (Å²) >= 11 is 1.48. The monoisotopic (exact) mass is 939 g/mol. The Morgan fingerprint density at radius 3 is 1.97 bits per heavy atom. The summed E-state index contributed by atoms with van der Waals surface area (Å²) in [5.41, 5.74) is 18.7. The molecule has 66 heavy (non-hydrogen) atoms. The van der Waals surface area contributed by atoms with E-state index < -0.39 is 108 Å². The van der Waals surface area contributed by atoms with Crippen molar-refractivity contribution in [2.75, 3.05) is 18.6 Å². The van der Waals surface area contributed by atoms with Gasteiger partial charge in [-0.3, -0.25) is 43.2 Å². The number of amides is 9. The number of nitrogens with two attached hydrogens (primary N) is 3. The van der Waals surface area contributed by atoms with Crippen LogP contribution >= 0.6 is 11.8 Å². The van der Waals surface area contributed by atoms with Crippen molar-refractivity contribution in [2.24, 2.45) is 29.0 Å². The molecule has 23 heteroatoms.